The molecule has 6 heterocycles. The zero-order chi connectivity index (χ0) is 37.4. The van der Waals surface area contributed by atoms with Crippen LogP contribution in [0.5, 0.6) is 0 Å². The molecule has 0 amide bonds. The second-order valence-electron chi connectivity index (χ2n) is 16.7. The number of hydrogen-bond donors (Lipinski definition) is 0. The van der Waals surface area contributed by atoms with Crippen LogP contribution in [0.1, 0.15) is 61.1 Å². The molecular formula is C51H44N4+2. The van der Waals surface area contributed by atoms with Crippen molar-refractivity contribution in [3.8, 4) is 28.2 Å². The molecule has 0 aliphatic carbocycles. The molecule has 3 aliphatic rings. The van der Waals surface area contributed by atoms with Crippen molar-refractivity contribution in [3.63, 3.8) is 0 Å². The van der Waals surface area contributed by atoms with E-state index in [1.165, 1.54) is 94.8 Å². The van der Waals surface area contributed by atoms with Crippen molar-refractivity contribution in [1.29, 1.82) is 0 Å². The van der Waals surface area contributed by atoms with Gasteiger partial charge in [-0.05, 0) is 101 Å². The van der Waals surface area contributed by atoms with Crippen LogP contribution in [0, 0.1) is 0 Å². The summed E-state index contributed by atoms with van der Waals surface area (Å²) in [5.41, 5.74) is 20.4. The molecule has 0 saturated carbocycles. The van der Waals surface area contributed by atoms with E-state index in [-0.39, 0.29) is 10.8 Å². The number of rotatable bonds is 4. The quantitative estimate of drug-likeness (QED) is 0.166. The highest BCUT2D eigenvalue weighted by atomic mass is 15.2. The van der Waals surface area contributed by atoms with E-state index in [0.717, 1.165) is 18.5 Å². The molecule has 11 rings (SSSR count). The number of hydrogen-bond acceptors (Lipinski definition) is 1. The molecule has 8 aromatic rings. The Hall–Kier alpha value is -6.26. The van der Waals surface area contributed by atoms with Gasteiger partial charge in [0.15, 0.2) is 18.6 Å². The summed E-state index contributed by atoms with van der Waals surface area (Å²) < 4.78 is 7.02. The number of nitrogens with zero attached hydrogens (tertiary/aromatic N) is 4. The van der Waals surface area contributed by atoms with Crippen LogP contribution in [0.2, 0.25) is 0 Å². The average molecular weight is 713 g/mol. The molecule has 4 nitrogen and oxygen atoms in total. The van der Waals surface area contributed by atoms with Crippen molar-refractivity contribution in [3.05, 3.63) is 174 Å². The van der Waals surface area contributed by atoms with E-state index >= 15 is 0 Å². The summed E-state index contributed by atoms with van der Waals surface area (Å²) in [6.45, 7) is 13.9. The lowest BCUT2D eigenvalue weighted by molar-refractivity contribution is -0.660. The first-order valence-corrected chi connectivity index (χ1v) is 19.6. The second-order valence-corrected chi connectivity index (χ2v) is 16.7. The highest BCUT2D eigenvalue weighted by Crippen LogP contribution is 2.57. The fourth-order valence-electron chi connectivity index (χ4n) is 10.5. The van der Waals surface area contributed by atoms with Gasteiger partial charge in [-0.3, -0.25) is 0 Å². The Bertz CT molecular complexity index is 2880. The first-order chi connectivity index (χ1) is 26.7. The lowest BCUT2D eigenvalue weighted by atomic mass is 9.68. The minimum absolute atomic E-state index is 0.226. The molecule has 55 heavy (non-hydrogen) atoms. The van der Waals surface area contributed by atoms with Crippen LogP contribution >= 0.6 is 0 Å². The summed E-state index contributed by atoms with van der Waals surface area (Å²) in [6, 6.07) is 45.7. The average Bonchev–Trinajstić information content (AvgIpc) is 3.43. The molecule has 0 atom stereocenters. The van der Waals surface area contributed by atoms with Gasteiger partial charge in [0.05, 0.1) is 39.2 Å². The van der Waals surface area contributed by atoms with Crippen LogP contribution in [0.15, 0.2) is 140 Å². The second kappa shape index (κ2) is 11.1. The molecule has 0 radical (unpaired) electrons. The molecule has 0 saturated heterocycles. The van der Waals surface area contributed by atoms with E-state index in [4.69, 9.17) is 0 Å². The van der Waals surface area contributed by atoms with Gasteiger partial charge >= 0.3 is 0 Å². The van der Waals surface area contributed by atoms with Gasteiger partial charge in [0.1, 0.15) is 7.05 Å². The van der Waals surface area contributed by atoms with Gasteiger partial charge in [-0.2, -0.15) is 4.57 Å². The van der Waals surface area contributed by atoms with Crippen LogP contribution in [0.4, 0.5) is 17.1 Å². The standard InChI is InChI=1S/C51H44N4/c1-7-53-29-11-9-23-44(53)34-17-15-25-46-36(34)27-26-35-33(43-22-8-10-28-52(43)6)16-14-24-45(35)54(46)32-30-41-49-42(31-32)51(4,5)40-21-13-19-38-37-18-12-20-39(50(41,2)3)47(37)55(49)48(38)40/h7-25,28-31H,1,26-27H2,2-6H3/q+2. The van der Waals surface area contributed by atoms with E-state index in [1.54, 1.807) is 0 Å². The third-order valence-electron chi connectivity index (χ3n) is 13.2. The van der Waals surface area contributed by atoms with Gasteiger partial charge in [-0.15, -0.1) is 0 Å². The maximum atomic E-state index is 4.18. The number of pyridine rings is 2. The molecule has 5 aromatic carbocycles. The first kappa shape index (κ1) is 32.2. The summed E-state index contributed by atoms with van der Waals surface area (Å²) in [4.78, 5) is 2.60. The minimum atomic E-state index is -0.226. The first-order valence-electron chi connectivity index (χ1n) is 19.6. The summed E-state index contributed by atoms with van der Waals surface area (Å²) >= 11 is 0. The van der Waals surface area contributed by atoms with Gasteiger partial charge < -0.3 is 9.47 Å². The van der Waals surface area contributed by atoms with Crippen LogP contribution in [0.3, 0.4) is 0 Å². The summed E-state index contributed by atoms with van der Waals surface area (Å²) in [6.07, 6.45) is 7.99. The predicted molar refractivity (Wildman–Crippen MR) is 226 cm³/mol. The number of benzene rings is 5. The van der Waals surface area contributed by atoms with E-state index < -0.39 is 0 Å². The van der Waals surface area contributed by atoms with Crippen molar-refractivity contribution in [2.75, 3.05) is 4.90 Å². The molecule has 3 aliphatic heterocycles. The van der Waals surface area contributed by atoms with E-state index in [9.17, 15) is 0 Å². The highest BCUT2D eigenvalue weighted by Gasteiger charge is 2.44. The summed E-state index contributed by atoms with van der Waals surface area (Å²) in [5.74, 6) is 0. The van der Waals surface area contributed by atoms with Gasteiger partial charge in [-0.25, -0.2) is 4.57 Å². The molecule has 0 N–H and O–H groups in total. The maximum absolute atomic E-state index is 4.18. The number of fused-ring (bicyclic) bond motifs is 3. The Morgan fingerprint density at radius 1 is 0.582 bits per heavy atom. The van der Waals surface area contributed by atoms with E-state index in [1.807, 2.05) is 6.20 Å². The van der Waals surface area contributed by atoms with Crippen molar-refractivity contribution in [2.45, 2.75) is 51.4 Å². The zero-order valence-corrected chi connectivity index (χ0v) is 32.2. The van der Waals surface area contributed by atoms with Crippen molar-refractivity contribution in [1.82, 2.24) is 4.57 Å². The van der Waals surface area contributed by atoms with Crippen LogP contribution in [-0.2, 0) is 30.7 Å². The molecule has 0 fully saturated rings. The molecule has 3 aromatic heterocycles. The normalized spacial score (nSPS) is 15.5. The number of anilines is 3. The minimum Gasteiger partial charge on any atom is -0.310 e. The van der Waals surface area contributed by atoms with Crippen molar-refractivity contribution < 1.29 is 9.13 Å². The van der Waals surface area contributed by atoms with E-state index in [0.29, 0.717) is 0 Å². The Kier molecular flexibility index (Phi) is 6.52. The Balaban J connectivity index is 1.25. The lowest BCUT2D eigenvalue weighted by Gasteiger charge is -2.43. The highest BCUT2D eigenvalue weighted by molar-refractivity contribution is 6.14. The Morgan fingerprint density at radius 3 is 1.67 bits per heavy atom. The number of para-hydroxylation sites is 2. The summed E-state index contributed by atoms with van der Waals surface area (Å²) in [7, 11) is 2.16. The lowest BCUT2D eigenvalue weighted by Crippen LogP contribution is -2.34. The third-order valence-corrected chi connectivity index (χ3v) is 13.2. The van der Waals surface area contributed by atoms with Crippen LogP contribution in [-0.4, -0.2) is 4.57 Å². The molecule has 0 unspecified atom stereocenters. The SMILES string of the molecule is C=C[n+]1ccccc1-c1cccc2c1CCc1c(-c3cccc[n+]3C)cccc1N2c1cc2c3c(c1)C(C)(C)c1cccc4c5cccc(c5n-3c14)C2(C)C. The monoisotopic (exact) mass is 712 g/mol. The number of aromatic nitrogens is 3. The van der Waals surface area contributed by atoms with Crippen molar-refractivity contribution >= 4 is 45.1 Å². The third kappa shape index (κ3) is 4.17. The van der Waals surface area contributed by atoms with Crippen LogP contribution in [0.25, 0.3) is 56.2 Å². The predicted octanol–water partition coefficient (Wildman–Crippen LogP) is 11.2. The molecule has 266 valence electrons. The molecular weight excluding hydrogens is 669 g/mol. The largest absolute Gasteiger partial charge is 0.310 e. The van der Waals surface area contributed by atoms with Crippen molar-refractivity contribution in [2.24, 2.45) is 7.05 Å². The fourth-order valence-corrected chi connectivity index (χ4v) is 10.5. The maximum Gasteiger partial charge on any atom is 0.218 e. The smallest absolute Gasteiger partial charge is 0.218 e. The van der Waals surface area contributed by atoms with Gasteiger partial charge in [0, 0.05) is 51.6 Å². The number of aryl methyl sites for hydroxylation is 1. The molecule has 0 spiro atoms. The summed E-state index contributed by atoms with van der Waals surface area (Å²) in [5, 5.41) is 2.70. The van der Waals surface area contributed by atoms with Gasteiger partial charge in [0.25, 0.3) is 0 Å². The van der Waals surface area contributed by atoms with Crippen LogP contribution < -0.4 is 14.0 Å². The topological polar surface area (TPSA) is 15.9 Å². The van der Waals surface area contributed by atoms with Gasteiger partial charge in [-0.1, -0.05) is 76.2 Å². The van der Waals surface area contributed by atoms with E-state index in [2.05, 4.69) is 194 Å². The molecule has 4 heteroatoms. The zero-order valence-electron chi connectivity index (χ0n) is 32.2. The fraction of sp³-hybridized carbons (Fsp3) is 0.176. The Labute approximate surface area is 322 Å². The van der Waals surface area contributed by atoms with Gasteiger partial charge in [0.2, 0.25) is 11.4 Å². The molecule has 0 bridgehead atoms. The Morgan fingerprint density at radius 2 is 1.11 bits per heavy atom.